The van der Waals surface area contributed by atoms with Gasteiger partial charge in [0.25, 0.3) is 0 Å². The molecule has 1 fully saturated rings. The van der Waals surface area contributed by atoms with Crippen molar-refractivity contribution in [2.45, 2.75) is 32.4 Å². The lowest BCUT2D eigenvalue weighted by Crippen LogP contribution is -2.18. The van der Waals surface area contributed by atoms with E-state index in [9.17, 15) is 13.6 Å². The van der Waals surface area contributed by atoms with Crippen molar-refractivity contribution in [3.8, 4) is 11.3 Å². The largest absolute Gasteiger partial charge is 0.398 e. The van der Waals surface area contributed by atoms with Crippen molar-refractivity contribution in [2.24, 2.45) is 0 Å². The first-order chi connectivity index (χ1) is 11.0. The molecule has 2 N–H and O–H groups in total. The fourth-order valence-electron chi connectivity index (χ4n) is 2.79. The molecule has 1 aliphatic rings. The molecule has 0 bridgehead atoms. The van der Waals surface area contributed by atoms with Crippen molar-refractivity contribution in [2.75, 3.05) is 12.3 Å². The number of Topliss-reactive ketones (excluding diaryl/α,β-unsaturated/α-hetero) is 1. The van der Waals surface area contributed by atoms with Crippen LogP contribution in [0.5, 0.6) is 0 Å². The number of nitrogens with zero attached hydrogens (tertiary/aromatic N) is 2. The first-order valence-electron chi connectivity index (χ1n) is 7.44. The van der Waals surface area contributed by atoms with Gasteiger partial charge in [-0.15, -0.1) is 0 Å². The van der Waals surface area contributed by atoms with Gasteiger partial charge in [-0.1, -0.05) is 0 Å². The molecule has 1 saturated heterocycles. The lowest BCUT2D eigenvalue weighted by Gasteiger charge is -2.22. The molecule has 0 amide bonds. The molecule has 2 aromatic rings. The number of carbonyl (C=O) groups excluding carboxylic acids is 1. The minimum absolute atomic E-state index is 0.108. The predicted octanol–water partition coefficient (Wildman–Crippen LogP) is 3.31. The second-order valence-corrected chi connectivity index (χ2v) is 5.57. The van der Waals surface area contributed by atoms with Gasteiger partial charge in [0, 0.05) is 18.5 Å². The van der Waals surface area contributed by atoms with Gasteiger partial charge >= 0.3 is 0 Å². The van der Waals surface area contributed by atoms with E-state index >= 15 is 0 Å². The maximum atomic E-state index is 14.6. The summed E-state index contributed by atoms with van der Waals surface area (Å²) < 4.78 is 35.9. The van der Waals surface area contributed by atoms with Crippen molar-refractivity contribution in [3.05, 3.63) is 35.5 Å². The summed E-state index contributed by atoms with van der Waals surface area (Å²) in [4.78, 5) is 11.5. The molecular formula is C16H17F2N3O2. The minimum Gasteiger partial charge on any atom is -0.398 e. The van der Waals surface area contributed by atoms with Gasteiger partial charge in [0.2, 0.25) is 0 Å². The van der Waals surface area contributed by atoms with E-state index in [0.717, 1.165) is 25.3 Å². The zero-order chi connectivity index (χ0) is 16.6. The van der Waals surface area contributed by atoms with Crippen LogP contribution in [0.3, 0.4) is 0 Å². The SMILES string of the molecule is CC(=O)c1c(N)cc(F)c(-c2ccn(C3CCCCO3)n2)c1F. The number of hydrogen-bond donors (Lipinski definition) is 1. The highest BCUT2D eigenvalue weighted by atomic mass is 19.1. The van der Waals surface area contributed by atoms with Crippen molar-refractivity contribution in [1.29, 1.82) is 0 Å². The molecule has 0 radical (unpaired) electrons. The number of carbonyl (C=O) groups is 1. The van der Waals surface area contributed by atoms with Crippen LogP contribution in [0.1, 0.15) is 42.8 Å². The van der Waals surface area contributed by atoms with Gasteiger partial charge in [0.05, 0.1) is 16.8 Å². The van der Waals surface area contributed by atoms with E-state index in [4.69, 9.17) is 10.5 Å². The van der Waals surface area contributed by atoms with Gasteiger partial charge in [0.1, 0.15) is 17.9 Å². The summed E-state index contributed by atoms with van der Waals surface area (Å²) in [6.07, 6.45) is 4.19. The van der Waals surface area contributed by atoms with E-state index in [2.05, 4.69) is 5.10 Å². The molecule has 0 saturated carbocycles. The van der Waals surface area contributed by atoms with E-state index in [-0.39, 0.29) is 28.7 Å². The fraction of sp³-hybridized carbons (Fsp3) is 0.375. The molecule has 2 heterocycles. The third-order valence-electron chi connectivity index (χ3n) is 3.92. The molecule has 122 valence electrons. The molecule has 7 heteroatoms. The molecular weight excluding hydrogens is 304 g/mol. The summed E-state index contributed by atoms with van der Waals surface area (Å²) in [6, 6.07) is 2.45. The van der Waals surface area contributed by atoms with E-state index in [1.54, 1.807) is 10.9 Å². The number of aromatic nitrogens is 2. The lowest BCUT2D eigenvalue weighted by molar-refractivity contribution is -0.0393. The Kier molecular flexibility index (Phi) is 4.12. The molecule has 1 atom stereocenters. The van der Waals surface area contributed by atoms with Crippen molar-refractivity contribution < 1.29 is 18.3 Å². The molecule has 1 aromatic heterocycles. The Labute approximate surface area is 132 Å². The number of hydrogen-bond acceptors (Lipinski definition) is 4. The number of nitrogens with two attached hydrogens (primary N) is 1. The predicted molar refractivity (Wildman–Crippen MR) is 80.8 cm³/mol. The highest BCUT2D eigenvalue weighted by Gasteiger charge is 2.24. The summed E-state index contributed by atoms with van der Waals surface area (Å²) in [5, 5.41) is 4.22. The third-order valence-corrected chi connectivity index (χ3v) is 3.92. The Morgan fingerprint density at radius 2 is 2.22 bits per heavy atom. The molecule has 1 aromatic carbocycles. The second-order valence-electron chi connectivity index (χ2n) is 5.57. The Hall–Kier alpha value is -2.28. The second kappa shape index (κ2) is 6.08. The molecule has 1 unspecified atom stereocenters. The molecule has 0 spiro atoms. The number of nitrogen functional groups attached to an aromatic ring is 1. The van der Waals surface area contributed by atoms with Crippen LogP contribution in [0.25, 0.3) is 11.3 Å². The van der Waals surface area contributed by atoms with E-state index in [1.165, 1.54) is 13.0 Å². The average molecular weight is 321 g/mol. The Morgan fingerprint density at radius 1 is 1.43 bits per heavy atom. The number of anilines is 1. The summed E-state index contributed by atoms with van der Waals surface area (Å²) in [5.74, 6) is -2.39. The minimum atomic E-state index is -0.982. The number of ether oxygens (including phenoxy) is 1. The van der Waals surface area contributed by atoms with Gasteiger partial charge in [-0.3, -0.25) is 4.79 Å². The number of benzene rings is 1. The van der Waals surface area contributed by atoms with Gasteiger partial charge in [0.15, 0.2) is 5.78 Å². The van der Waals surface area contributed by atoms with Crippen molar-refractivity contribution in [1.82, 2.24) is 9.78 Å². The lowest BCUT2D eigenvalue weighted by atomic mass is 10.0. The van der Waals surface area contributed by atoms with Crippen LogP contribution in [-0.2, 0) is 4.74 Å². The van der Waals surface area contributed by atoms with Crippen LogP contribution in [0, 0.1) is 11.6 Å². The standard InChI is InChI=1S/C16H17F2N3O2/c1-9(22)14-11(19)8-10(17)15(16(14)18)12-5-6-21(20-12)13-4-2-3-7-23-13/h5-6,8,13H,2-4,7,19H2,1H3. The van der Waals surface area contributed by atoms with Crippen LogP contribution in [-0.4, -0.2) is 22.2 Å². The van der Waals surface area contributed by atoms with E-state index in [0.29, 0.717) is 6.61 Å². The van der Waals surface area contributed by atoms with Gasteiger partial charge < -0.3 is 10.5 Å². The van der Waals surface area contributed by atoms with Crippen molar-refractivity contribution >= 4 is 11.5 Å². The fourth-order valence-corrected chi connectivity index (χ4v) is 2.79. The smallest absolute Gasteiger partial charge is 0.164 e. The van der Waals surface area contributed by atoms with Crippen LogP contribution >= 0.6 is 0 Å². The highest BCUT2D eigenvalue weighted by molar-refractivity contribution is 6.00. The summed E-state index contributed by atoms with van der Waals surface area (Å²) in [7, 11) is 0. The number of halogens is 2. The summed E-state index contributed by atoms with van der Waals surface area (Å²) >= 11 is 0. The quantitative estimate of drug-likeness (QED) is 0.695. The maximum absolute atomic E-state index is 14.6. The van der Waals surface area contributed by atoms with Crippen molar-refractivity contribution in [3.63, 3.8) is 0 Å². The summed E-state index contributed by atoms with van der Waals surface area (Å²) in [6.45, 7) is 1.82. The van der Waals surface area contributed by atoms with Crippen LogP contribution < -0.4 is 5.73 Å². The molecule has 3 rings (SSSR count). The normalized spacial score (nSPS) is 18.1. The van der Waals surface area contributed by atoms with Crippen LogP contribution in [0.15, 0.2) is 18.3 Å². The average Bonchev–Trinajstić information content (AvgIpc) is 2.96. The van der Waals surface area contributed by atoms with Gasteiger partial charge in [-0.05, 0) is 38.3 Å². The topological polar surface area (TPSA) is 70.1 Å². The van der Waals surface area contributed by atoms with E-state index in [1.807, 2.05) is 0 Å². The molecule has 5 nitrogen and oxygen atoms in total. The zero-order valence-corrected chi connectivity index (χ0v) is 12.7. The Bertz CT molecular complexity index is 752. The molecule has 1 aliphatic heterocycles. The first kappa shape index (κ1) is 15.6. The van der Waals surface area contributed by atoms with Gasteiger partial charge in [-0.25, -0.2) is 13.5 Å². The zero-order valence-electron chi connectivity index (χ0n) is 12.7. The highest BCUT2D eigenvalue weighted by Crippen LogP contribution is 2.32. The Morgan fingerprint density at radius 3 is 2.87 bits per heavy atom. The van der Waals surface area contributed by atoms with Gasteiger partial charge in [-0.2, -0.15) is 5.10 Å². The van der Waals surface area contributed by atoms with E-state index < -0.39 is 17.4 Å². The van der Waals surface area contributed by atoms with Crippen LogP contribution in [0.4, 0.5) is 14.5 Å². The molecule has 0 aliphatic carbocycles. The Balaban J connectivity index is 2.03. The number of ketones is 1. The number of rotatable bonds is 3. The monoisotopic (exact) mass is 321 g/mol. The van der Waals surface area contributed by atoms with Crippen LogP contribution in [0.2, 0.25) is 0 Å². The maximum Gasteiger partial charge on any atom is 0.164 e. The first-order valence-corrected chi connectivity index (χ1v) is 7.44. The summed E-state index contributed by atoms with van der Waals surface area (Å²) in [5.41, 5.74) is 4.77. The third kappa shape index (κ3) is 2.84. The molecule has 23 heavy (non-hydrogen) atoms.